The Morgan fingerprint density at radius 2 is 1.84 bits per heavy atom. The molecule has 0 radical (unpaired) electrons. The smallest absolute Gasteiger partial charge is 0.0974 e. The first kappa shape index (κ1) is 17.7. The van der Waals surface area contributed by atoms with Crippen molar-refractivity contribution in [3.05, 3.63) is 36.5 Å². The average Bonchev–Trinajstić information content (AvgIpc) is 2.42. The third-order valence-corrected chi connectivity index (χ3v) is 3.09. The van der Waals surface area contributed by atoms with Crippen LogP contribution in [0.15, 0.2) is 36.5 Å². The topological polar surface area (TPSA) is 44.0 Å². The van der Waals surface area contributed by atoms with E-state index in [0.717, 1.165) is 19.3 Å². The van der Waals surface area contributed by atoms with Crippen molar-refractivity contribution in [3.8, 4) is 6.07 Å². The highest BCUT2D eigenvalue weighted by Crippen LogP contribution is 2.13. The van der Waals surface area contributed by atoms with Gasteiger partial charge in [-0.15, -0.1) is 6.58 Å². The number of allylic oxidation sites excluding steroid dienone is 4. The molecule has 0 saturated heterocycles. The van der Waals surface area contributed by atoms with Crippen molar-refractivity contribution in [1.29, 1.82) is 5.26 Å². The minimum absolute atomic E-state index is 0.462. The number of unbranched alkanes of at least 4 members (excludes halogenated alkanes) is 6. The molecule has 0 aliphatic rings. The number of hydrogen-bond acceptors (Lipinski definition) is 2. The third-order valence-electron chi connectivity index (χ3n) is 3.09. The molecule has 0 aliphatic carbocycles. The molecule has 0 spiro atoms. The summed E-state index contributed by atoms with van der Waals surface area (Å²) in [5, 5.41) is 18.8. The van der Waals surface area contributed by atoms with Gasteiger partial charge < -0.3 is 5.11 Å². The summed E-state index contributed by atoms with van der Waals surface area (Å²) in [4.78, 5) is 0. The molecule has 0 heterocycles. The van der Waals surface area contributed by atoms with Crippen LogP contribution in [-0.2, 0) is 0 Å². The Morgan fingerprint density at radius 1 is 1.21 bits per heavy atom. The van der Waals surface area contributed by atoms with Gasteiger partial charge in [-0.25, -0.2) is 0 Å². The molecule has 19 heavy (non-hydrogen) atoms. The maximum Gasteiger partial charge on any atom is 0.0974 e. The highest BCUT2D eigenvalue weighted by Gasteiger charge is 2.08. The van der Waals surface area contributed by atoms with Crippen molar-refractivity contribution in [1.82, 2.24) is 0 Å². The molecule has 0 bridgehead atoms. The molecule has 1 unspecified atom stereocenters. The Hall–Kier alpha value is -1.33. The van der Waals surface area contributed by atoms with Gasteiger partial charge in [0, 0.05) is 0 Å². The summed E-state index contributed by atoms with van der Waals surface area (Å²) >= 11 is 0. The minimum Gasteiger partial charge on any atom is -0.388 e. The molecule has 0 aromatic heterocycles. The normalized spacial score (nSPS) is 13.4. The molecule has 0 aromatic rings. The van der Waals surface area contributed by atoms with Crippen molar-refractivity contribution >= 4 is 0 Å². The molecular weight excluding hydrogens is 234 g/mol. The summed E-state index contributed by atoms with van der Waals surface area (Å²) in [6.07, 6.45) is 15.6. The van der Waals surface area contributed by atoms with Gasteiger partial charge in [0.1, 0.15) is 0 Å². The fraction of sp³-hybridized carbons (Fsp3) is 0.588. The fourth-order valence-electron chi connectivity index (χ4n) is 1.91. The quantitative estimate of drug-likeness (QED) is 0.254. The van der Waals surface area contributed by atoms with Crippen LogP contribution in [-0.4, -0.2) is 11.2 Å². The molecule has 1 atom stereocenters. The van der Waals surface area contributed by atoms with E-state index in [0.29, 0.717) is 12.0 Å². The van der Waals surface area contributed by atoms with Crippen LogP contribution >= 0.6 is 0 Å². The largest absolute Gasteiger partial charge is 0.388 e. The second-order valence-electron chi connectivity index (χ2n) is 4.76. The second-order valence-corrected chi connectivity index (χ2v) is 4.76. The molecule has 2 nitrogen and oxygen atoms in total. The first-order chi connectivity index (χ1) is 9.26. The molecule has 0 amide bonds. The Kier molecular flexibility index (Phi) is 12.2. The third kappa shape index (κ3) is 10.3. The molecule has 2 heteroatoms. The highest BCUT2D eigenvalue weighted by atomic mass is 16.3. The fourth-order valence-corrected chi connectivity index (χ4v) is 1.91. The molecule has 0 aromatic carbocycles. The lowest BCUT2D eigenvalue weighted by Crippen LogP contribution is -2.08. The zero-order valence-electron chi connectivity index (χ0n) is 12.1. The SMILES string of the molecule is C=CCCCCCCCCC(O)/C(C#N)=C/C=C/C. The predicted molar refractivity (Wildman–Crippen MR) is 81.6 cm³/mol. The van der Waals surface area contributed by atoms with Crippen molar-refractivity contribution < 1.29 is 5.11 Å². The van der Waals surface area contributed by atoms with Crippen LogP contribution in [0.25, 0.3) is 0 Å². The van der Waals surface area contributed by atoms with Crippen molar-refractivity contribution in [2.45, 2.75) is 64.4 Å². The van der Waals surface area contributed by atoms with Crippen LogP contribution in [0.3, 0.4) is 0 Å². The minimum atomic E-state index is -0.609. The first-order valence-electron chi connectivity index (χ1n) is 7.28. The molecule has 0 aliphatic heterocycles. The average molecular weight is 261 g/mol. The van der Waals surface area contributed by atoms with Crippen molar-refractivity contribution in [2.24, 2.45) is 0 Å². The maximum absolute atomic E-state index is 9.87. The van der Waals surface area contributed by atoms with Gasteiger partial charge in [-0.1, -0.05) is 50.3 Å². The molecule has 0 saturated carbocycles. The van der Waals surface area contributed by atoms with E-state index in [9.17, 15) is 5.11 Å². The van der Waals surface area contributed by atoms with Crippen LogP contribution < -0.4 is 0 Å². The summed E-state index contributed by atoms with van der Waals surface area (Å²) in [5.41, 5.74) is 0.462. The summed E-state index contributed by atoms with van der Waals surface area (Å²) in [7, 11) is 0. The van der Waals surface area contributed by atoms with Crippen LogP contribution in [0.1, 0.15) is 58.3 Å². The van der Waals surface area contributed by atoms with Gasteiger partial charge in [-0.2, -0.15) is 5.26 Å². The number of nitrogens with zero attached hydrogens (tertiary/aromatic N) is 1. The van der Waals surface area contributed by atoms with Crippen LogP contribution in [0.5, 0.6) is 0 Å². The van der Waals surface area contributed by atoms with Crippen molar-refractivity contribution in [2.75, 3.05) is 0 Å². The lowest BCUT2D eigenvalue weighted by atomic mass is 10.0. The Bertz CT molecular complexity index is 323. The van der Waals surface area contributed by atoms with Crippen LogP contribution in [0, 0.1) is 11.3 Å². The highest BCUT2D eigenvalue weighted by molar-refractivity contribution is 5.29. The van der Waals surface area contributed by atoms with Gasteiger partial charge in [0.05, 0.1) is 17.7 Å². The molecule has 106 valence electrons. The van der Waals surface area contributed by atoms with E-state index in [1.54, 1.807) is 12.2 Å². The molecule has 0 fully saturated rings. The Balaban J connectivity index is 3.65. The lowest BCUT2D eigenvalue weighted by Gasteiger charge is -2.08. The van der Waals surface area contributed by atoms with Gasteiger partial charge in [-0.3, -0.25) is 0 Å². The standard InChI is InChI=1S/C17H27NO/c1-3-5-7-8-9-10-11-12-14-17(19)16(15-18)13-6-4-2/h3-4,6,13,17,19H,1,5,7-12,14H2,2H3/b6-4+,16-13+. The van der Waals surface area contributed by atoms with E-state index >= 15 is 0 Å². The lowest BCUT2D eigenvalue weighted by molar-refractivity contribution is 0.200. The predicted octanol–water partition coefficient (Wildman–Crippen LogP) is 4.68. The van der Waals surface area contributed by atoms with Gasteiger partial charge >= 0.3 is 0 Å². The van der Waals surface area contributed by atoms with Gasteiger partial charge in [0.15, 0.2) is 0 Å². The molecule has 0 rings (SSSR count). The summed E-state index contributed by atoms with van der Waals surface area (Å²) in [6, 6.07) is 2.06. The zero-order chi connectivity index (χ0) is 14.3. The van der Waals surface area contributed by atoms with Crippen molar-refractivity contribution in [3.63, 3.8) is 0 Å². The van der Waals surface area contributed by atoms with E-state index in [1.165, 1.54) is 25.7 Å². The van der Waals surface area contributed by atoms with E-state index < -0.39 is 6.10 Å². The zero-order valence-corrected chi connectivity index (χ0v) is 12.1. The van der Waals surface area contributed by atoms with E-state index in [1.807, 2.05) is 19.1 Å². The summed E-state index contributed by atoms with van der Waals surface area (Å²) < 4.78 is 0. The monoisotopic (exact) mass is 261 g/mol. The molecule has 1 N–H and O–H groups in total. The van der Waals surface area contributed by atoms with E-state index in [4.69, 9.17) is 5.26 Å². The Labute approximate surface area is 118 Å². The summed E-state index contributed by atoms with van der Waals surface area (Å²) in [6.45, 7) is 5.60. The first-order valence-corrected chi connectivity index (χ1v) is 7.28. The van der Waals surface area contributed by atoms with E-state index in [-0.39, 0.29) is 0 Å². The van der Waals surface area contributed by atoms with Gasteiger partial charge in [0.2, 0.25) is 0 Å². The number of hydrogen-bond donors (Lipinski definition) is 1. The number of aliphatic hydroxyl groups excluding tert-OH is 1. The summed E-state index contributed by atoms with van der Waals surface area (Å²) in [5.74, 6) is 0. The van der Waals surface area contributed by atoms with E-state index in [2.05, 4.69) is 12.6 Å². The second kappa shape index (κ2) is 13.1. The van der Waals surface area contributed by atoms with Crippen LogP contribution in [0.4, 0.5) is 0 Å². The number of aliphatic hydroxyl groups is 1. The van der Waals surface area contributed by atoms with Gasteiger partial charge in [0.25, 0.3) is 0 Å². The van der Waals surface area contributed by atoms with Crippen LogP contribution in [0.2, 0.25) is 0 Å². The van der Waals surface area contributed by atoms with Gasteiger partial charge in [-0.05, 0) is 32.3 Å². The molecular formula is C17H27NO. The Morgan fingerprint density at radius 3 is 2.42 bits per heavy atom. The maximum atomic E-state index is 9.87. The number of nitriles is 1. The number of rotatable bonds is 11.